The van der Waals surface area contributed by atoms with E-state index in [-0.39, 0.29) is 5.75 Å². The van der Waals surface area contributed by atoms with Crippen molar-refractivity contribution in [1.82, 2.24) is 9.61 Å². The highest BCUT2D eigenvalue weighted by Gasteiger charge is 2.11. The predicted molar refractivity (Wildman–Crippen MR) is 78.4 cm³/mol. The van der Waals surface area contributed by atoms with E-state index in [2.05, 4.69) is 10.4 Å². The molecule has 0 saturated carbocycles. The smallest absolute Gasteiger partial charge is 0.142 e. The molecule has 2 heterocycles. The second-order valence-corrected chi connectivity index (χ2v) is 4.88. The predicted octanol–water partition coefficient (Wildman–Crippen LogP) is 3.51. The van der Waals surface area contributed by atoms with E-state index in [0.29, 0.717) is 0 Å². The zero-order valence-electron chi connectivity index (χ0n) is 10.4. The van der Waals surface area contributed by atoms with E-state index >= 15 is 0 Å². The van der Waals surface area contributed by atoms with Crippen molar-refractivity contribution in [2.75, 3.05) is 11.6 Å². The van der Waals surface area contributed by atoms with Gasteiger partial charge in [-0.05, 0) is 42.7 Å². The molecule has 0 amide bonds. The van der Waals surface area contributed by atoms with Crippen molar-refractivity contribution in [3.63, 3.8) is 0 Å². The Morgan fingerprint density at radius 2 is 1.95 bits per heavy atom. The Hall–Kier alpha value is -2.14. The summed E-state index contributed by atoms with van der Waals surface area (Å²) in [7, 11) is 0. The third-order valence-corrected chi connectivity index (χ3v) is 3.51. The molecule has 19 heavy (non-hydrogen) atoms. The van der Waals surface area contributed by atoms with Crippen LogP contribution >= 0.6 is 11.8 Å². The van der Waals surface area contributed by atoms with Crippen LogP contribution in [0.15, 0.2) is 53.7 Å². The second kappa shape index (κ2) is 4.85. The molecule has 0 fully saturated rings. The number of phenolic OH excluding ortho intramolecular Hbond substituents is 1. The third-order valence-electron chi connectivity index (χ3n) is 2.84. The summed E-state index contributed by atoms with van der Waals surface area (Å²) in [5, 5.41) is 18.1. The topological polar surface area (TPSA) is 49.6 Å². The highest BCUT2D eigenvalue weighted by Crippen LogP contribution is 2.31. The van der Waals surface area contributed by atoms with Crippen LogP contribution in [-0.2, 0) is 0 Å². The summed E-state index contributed by atoms with van der Waals surface area (Å²) in [4.78, 5) is 0. The fraction of sp³-hybridized carbons (Fsp3) is 0.0714. The molecule has 0 atom stereocenters. The SMILES string of the molecule is CSc1nn2ccccc2c1Nc1ccc(O)cc1. The van der Waals surface area contributed by atoms with Crippen LogP contribution in [0.4, 0.5) is 11.4 Å². The van der Waals surface area contributed by atoms with Gasteiger partial charge in [-0.1, -0.05) is 6.07 Å². The third kappa shape index (κ3) is 2.24. The molecule has 0 bridgehead atoms. The number of phenols is 1. The van der Waals surface area contributed by atoms with Crippen LogP contribution in [0, 0.1) is 0 Å². The highest BCUT2D eigenvalue weighted by atomic mass is 32.2. The molecule has 1 aromatic carbocycles. The van der Waals surface area contributed by atoms with Crippen molar-refractivity contribution in [3.8, 4) is 5.75 Å². The molecule has 0 aliphatic rings. The molecular formula is C14H13N3OS. The van der Waals surface area contributed by atoms with E-state index in [1.165, 1.54) is 0 Å². The standard InChI is InChI=1S/C14H13N3OS/c1-19-14-13(12-4-2-3-9-17(12)16-14)15-10-5-7-11(18)8-6-10/h2-9,15,18H,1H3. The van der Waals surface area contributed by atoms with Gasteiger partial charge in [0.15, 0.2) is 0 Å². The van der Waals surface area contributed by atoms with Crippen LogP contribution in [-0.4, -0.2) is 21.0 Å². The quantitative estimate of drug-likeness (QED) is 0.565. The molecular weight excluding hydrogens is 258 g/mol. The summed E-state index contributed by atoms with van der Waals surface area (Å²) in [5.74, 6) is 0.260. The first-order chi connectivity index (χ1) is 9.28. The number of rotatable bonds is 3. The molecule has 0 spiro atoms. The van der Waals surface area contributed by atoms with Crippen LogP contribution < -0.4 is 5.32 Å². The number of hydrogen-bond acceptors (Lipinski definition) is 4. The van der Waals surface area contributed by atoms with Crippen molar-refractivity contribution in [1.29, 1.82) is 0 Å². The van der Waals surface area contributed by atoms with Gasteiger partial charge in [0.05, 0.1) is 11.2 Å². The summed E-state index contributed by atoms with van der Waals surface area (Å²) >= 11 is 1.60. The van der Waals surface area contributed by atoms with Gasteiger partial charge in [0.2, 0.25) is 0 Å². The van der Waals surface area contributed by atoms with Crippen molar-refractivity contribution in [2.24, 2.45) is 0 Å². The van der Waals surface area contributed by atoms with E-state index < -0.39 is 0 Å². The van der Waals surface area contributed by atoms with Gasteiger partial charge in [0.25, 0.3) is 0 Å². The van der Waals surface area contributed by atoms with E-state index in [1.807, 2.05) is 47.3 Å². The molecule has 3 aromatic rings. The maximum Gasteiger partial charge on any atom is 0.142 e. The van der Waals surface area contributed by atoms with Crippen LogP contribution in [0.3, 0.4) is 0 Å². The summed E-state index contributed by atoms with van der Waals surface area (Å²) in [6, 6.07) is 13.0. The first kappa shape index (κ1) is 11.9. The molecule has 2 aromatic heterocycles. The normalized spacial score (nSPS) is 10.8. The first-order valence-electron chi connectivity index (χ1n) is 5.85. The van der Waals surface area contributed by atoms with Crippen molar-refractivity contribution in [3.05, 3.63) is 48.7 Å². The molecule has 0 saturated heterocycles. The van der Waals surface area contributed by atoms with Gasteiger partial charge in [-0.15, -0.1) is 11.8 Å². The van der Waals surface area contributed by atoms with Gasteiger partial charge in [0, 0.05) is 11.9 Å². The average molecular weight is 271 g/mol. The number of thioether (sulfide) groups is 1. The Bertz CT molecular complexity index is 706. The van der Waals surface area contributed by atoms with Crippen molar-refractivity contribution < 1.29 is 5.11 Å². The number of fused-ring (bicyclic) bond motifs is 1. The highest BCUT2D eigenvalue weighted by molar-refractivity contribution is 7.98. The number of pyridine rings is 1. The number of nitrogens with one attached hydrogen (secondary N) is 1. The van der Waals surface area contributed by atoms with Gasteiger partial charge in [-0.3, -0.25) is 0 Å². The molecule has 96 valence electrons. The molecule has 0 aliphatic carbocycles. The van der Waals surface area contributed by atoms with Crippen LogP contribution in [0.1, 0.15) is 0 Å². The fourth-order valence-corrected chi connectivity index (χ4v) is 2.46. The average Bonchev–Trinajstić information content (AvgIpc) is 2.79. The molecule has 3 rings (SSSR count). The van der Waals surface area contributed by atoms with Crippen LogP contribution in [0.5, 0.6) is 5.75 Å². The Labute approximate surface area is 115 Å². The summed E-state index contributed by atoms with van der Waals surface area (Å²) in [5.41, 5.74) is 2.94. The van der Waals surface area contributed by atoms with Gasteiger partial charge < -0.3 is 10.4 Å². The van der Waals surface area contributed by atoms with Crippen LogP contribution in [0.2, 0.25) is 0 Å². The second-order valence-electron chi connectivity index (χ2n) is 4.09. The Balaban J connectivity index is 2.06. The maximum atomic E-state index is 9.31. The van der Waals surface area contributed by atoms with E-state index in [1.54, 1.807) is 23.9 Å². The van der Waals surface area contributed by atoms with Gasteiger partial charge in [-0.25, -0.2) is 4.52 Å². The lowest BCUT2D eigenvalue weighted by Crippen LogP contribution is -1.90. The zero-order chi connectivity index (χ0) is 13.2. The van der Waals surface area contributed by atoms with Crippen molar-refractivity contribution in [2.45, 2.75) is 5.03 Å². The fourth-order valence-electron chi connectivity index (χ4n) is 1.93. The van der Waals surface area contributed by atoms with Gasteiger partial charge in [-0.2, -0.15) is 5.10 Å². The largest absolute Gasteiger partial charge is 0.508 e. The van der Waals surface area contributed by atoms with Crippen molar-refractivity contribution >= 4 is 28.7 Å². The lowest BCUT2D eigenvalue weighted by molar-refractivity contribution is 0.475. The Kier molecular flexibility index (Phi) is 3.05. The monoisotopic (exact) mass is 271 g/mol. The molecule has 0 aliphatic heterocycles. The molecule has 0 radical (unpaired) electrons. The number of nitrogens with zero attached hydrogens (tertiary/aromatic N) is 2. The lowest BCUT2D eigenvalue weighted by atomic mass is 10.3. The number of aromatic nitrogens is 2. The zero-order valence-corrected chi connectivity index (χ0v) is 11.2. The van der Waals surface area contributed by atoms with E-state index in [4.69, 9.17) is 0 Å². The number of anilines is 2. The summed E-state index contributed by atoms with van der Waals surface area (Å²) < 4.78 is 1.86. The minimum absolute atomic E-state index is 0.260. The molecule has 5 heteroatoms. The lowest BCUT2D eigenvalue weighted by Gasteiger charge is -2.06. The minimum Gasteiger partial charge on any atom is -0.508 e. The number of aromatic hydroxyl groups is 1. The summed E-state index contributed by atoms with van der Waals surface area (Å²) in [6.07, 6.45) is 3.93. The first-order valence-corrected chi connectivity index (χ1v) is 7.08. The maximum absolute atomic E-state index is 9.31. The minimum atomic E-state index is 0.260. The molecule has 4 nitrogen and oxygen atoms in total. The molecule has 2 N–H and O–H groups in total. The van der Waals surface area contributed by atoms with E-state index in [9.17, 15) is 5.11 Å². The Morgan fingerprint density at radius 1 is 1.16 bits per heavy atom. The number of hydrogen-bond donors (Lipinski definition) is 2. The molecule has 0 unspecified atom stereocenters. The van der Waals surface area contributed by atoms with Crippen LogP contribution in [0.25, 0.3) is 5.52 Å². The number of benzene rings is 1. The Morgan fingerprint density at radius 3 is 2.68 bits per heavy atom. The van der Waals surface area contributed by atoms with Gasteiger partial charge in [0.1, 0.15) is 10.8 Å². The summed E-state index contributed by atoms with van der Waals surface area (Å²) in [6.45, 7) is 0. The van der Waals surface area contributed by atoms with Gasteiger partial charge >= 0.3 is 0 Å². The van der Waals surface area contributed by atoms with E-state index in [0.717, 1.165) is 21.9 Å².